The third-order valence-electron chi connectivity index (χ3n) is 2.63. The second kappa shape index (κ2) is 5.44. The maximum atomic E-state index is 9.10. The van der Waals surface area contributed by atoms with Crippen LogP contribution in [0.1, 0.15) is 18.2 Å². The Morgan fingerprint density at radius 1 is 1.26 bits per heavy atom. The van der Waals surface area contributed by atoms with E-state index < -0.39 is 0 Å². The van der Waals surface area contributed by atoms with Crippen LogP contribution in [0.5, 0.6) is 17.4 Å². The number of nitriles is 1. The minimum Gasteiger partial charge on any atom is -0.494 e. The SMILES string of the molecule is CCOc1ccc(Oc2c(C#N)c(C)nn2C)cc1. The highest BCUT2D eigenvalue weighted by molar-refractivity contribution is 5.44. The fraction of sp³-hybridized carbons (Fsp3) is 0.286. The molecular formula is C14H15N3O2. The van der Waals surface area contributed by atoms with Crippen molar-refractivity contribution in [2.24, 2.45) is 7.05 Å². The van der Waals surface area contributed by atoms with E-state index in [1.165, 1.54) is 0 Å². The number of aryl methyl sites for hydroxylation is 2. The second-order valence-corrected chi connectivity index (χ2v) is 4.01. The fourth-order valence-electron chi connectivity index (χ4n) is 1.76. The van der Waals surface area contributed by atoms with Gasteiger partial charge in [0.1, 0.15) is 23.1 Å². The van der Waals surface area contributed by atoms with Crippen molar-refractivity contribution in [3.63, 3.8) is 0 Å². The van der Waals surface area contributed by atoms with Gasteiger partial charge in [0, 0.05) is 7.05 Å². The highest BCUT2D eigenvalue weighted by Gasteiger charge is 2.14. The molecule has 0 atom stereocenters. The summed E-state index contributed by atoms with van der Waals surface area (Å²) in [5.74, 6) is 1.88. The van der Waals surface area contributed by atoms with E-state index in [0.29, 0.717) is 29.5 Å². The molecular weight excluding hydrogens is 242 g/mol. The van der Waals surface area contributed by atoms with Crippen molar-refractivity contribution in [2.75, 3.05) is 6.61 Å². The van der Waals surface area contributed by atoms with Gasteiger partial charge >= 0.3 is 0 Å². The molecule has 0 saturated heterocycles. The van der Waals surface area contributed by atoms with Crippen molar-refractivity contribution in [1.29, 1.82) is 5.26 Å². The first-order valence-electron chi connectivity index (χ1n) is 6.00. The summed E-state index contributed by atoms with van der Waals surface area (Å²) >= 11 is 0. The van der Waals surface area contributed by atoms with Gasteiger partial charge in [-0.3, -0.25) is 0 Å². The van der Waals surface area contributed by atoms with E-state index >= 15 is 0 Å². The molecule has 19 heavy (non-hydrogen) atoms. The monoisotopic (exact) mass is 257 g/mol. The zero-order valence-corrected chi connectivity index (χ0v) is 11.2. The highest BCUT2D eigenvalue weighted by Crippen LogP contribution is 2.27. The molecule has 5 nitrogen and oxygen atoms in total. The summed E-state index contributed by atoms with van der Waals surface area (Å²) in [6.07, 6.45) is 0. The van der Waals surface area contributed by atoms with E-state index in [9.17, 15) is 0 Å². The Kier molecular flexibility index (Phi) is 3.71. The van der Waals surface area contributed by atoms with Gasteiger partial charge in [0.2, 0.25) is 5.88 Å². The first-order valence-corrected chi connectivity index (χ1v) is 6.00. The number of ether oxygens (including phenoxy) is 2. The number of benzene rings is 1. The van der Waals surface area contributed by atoms with Gasteiger partial charge in [-0.2, -0.15) is 10.4 Å². The van der Waals surface area contributed by atoms with E-state index in [1.807, 2.05) is 19.1 Å². The van der Waals surface area contributed by atoms with Crippen LogP contribution in [0.15, 0.2) is 24.3 Å². The molecule has 0 saturated carbocycles. The van der Waals surface area contributed by atoms with Crippen LogP contribution < -0.4 is 9.47 Å². The molecule has 2 rings (SSSR count). The van der Waals surface area contributed by atoms with E-state index in [2.05, 4.69) is 11.2 Å². The van der Waals surface area contributed by atoms with Crippen molar-refractivity contribution in [2.45, 2.75) is 13.8 Å². The zero-order valence-electron chi connectivity index (χ0n) is 11.2. The van der Waals surface area contributed by atoms with Crippen molar-refractivity contribution < 1.29 is 9.47 Å². The van der Waals surface area contributed by atoms with Crippen LogP contribution >= 0.6 is 0 Å². The van der Waals surface area contributed by atoms with E-state index in [4.69, 9.17) is 14.7 Å². The van der Waals surface area contributed by atoms with E-state index in [0.717, 1.165) is 5.75 Å². The predicted molar refractivity (Wildman–Crippen MR) is 70.3 cm³/mol. The van der Waals surface area contributed by atoms with E-state index in [-0.39, 0.29) is 0 Å². The molecule has 0 bridgehead atoms. The van der Waals surface area contributed by atoms with Gasteiger partial charge in [0.05, 0.1) is 12.3 Å². The Hall–Kier alpha value is -2.48. The number of hydrogen-bond acceptors (Lipinski definition) is 4. The lowest BCUT2D eigenvalue weighted by molar-refractivity contribution is 0.339. The first kappa shape index (κ1) is 13.0. The molecule has 0 fully saturated rings. The molecule has 1 heterocycles. The topological polar surface area (TPSA) is 60.1 Å². The zero-order chi connectivity index (χ0) is 13.8. The number of hydrogen-bond donors (Lipinski definition) is 0. The van der Waals surface area contributed by atoms with Crippen LogP contribution in [0.25, 0.3) is 0 Å². The van der Waals surface area contributed by atoms with Gasteiger partial charge < -0.3 is 9.47 Å². The Morgan fingerprint density at radius 2 is 1.89 bits per heavy atom. The average Bonchev–Trinajstić information content (AvgIpc) is 2.66. The van der Waals surface area contributed by atoms with Gasteiger partial charge in [-0.25, -0.2) is 4.68 Å². The van der Waals surface area contributed by atoms with Gasteiger partial charge in [0.25, 0.3) is 0 Å². The Balaban J connectivity index is 2.24. The third kappa shape index (κ3) is 2.68. The standard InChI is InChI=1S/C14H15N3O2/c1-4-18-11-5-7-12(8-6-11)19-14-13(9-15)10(2)16-17(14)3/h5-8H,4H2,1-3H3. The molecule has 0 aliphatic carbocycles. The minimum absolute atomic E-state index is 0.448. The average molecular weight is 257 g/mol. The predicted octanol–water partition coefficient (Wildman–Crippen LogP) is 2.79. The molecule has 1 aromatic heterocycles. The molecule has 1 aromatic carbocycles. The van der Waals surface area contributed by atoms with Crippen LogP contribution in [0, 0.1) is 18.3 Å². The lowest BCUT2D eigenvalue weighted by atomic mass is 10.3. The Labute approximate surface area is 112 Å². The molecule has 0 aliphatic heterocycles. The molecule has 98 valence electrons. The normalized spacial score (nSPS) is 10.0. The largest absolute Gasteiger partial charge is 0.494 e. The van der Waals surface area contributed by atoms with E-state index in [1.54, 1.807) is 30.8 Å². The quantitative estimate of drug-likeness (QED) is 0.845. The Bertz CT molecular complexity index is 609. The molecule has 0 N–H and O–H groups in total. The highest BCUT2D eigenvalue weighted by atomic mass is 16.5. The maximum Gasteiger partial charge on any atom is 0.235 e. The van der Waals surface area contributed by atoms with Crippen LogP contribution in [-0.4, -0.2) is 16.4 Å². The summed E-state index contributed by atoms with van der Waals surface area (Å²) in [4.78, 5) is 0. The van der Waals surface area contributed by atoms with Gasteiger partial charge in [-0.05, 0) is 38.1 Å². The number of rotatable bonds is 4. The van der Waals surface area contributed by atoms with Gasteiger partial charge in [0.15, 0.2) is 0 Å². The molecule has 5 heteroatoms. The third-order valence-corrected chi connectivity index (χ3v) is 2.63. The summed E-state index contributed by atoms with van der Waals surface area (Å²) in [5, 5.41) is 13.3. The molecule has 0 aliphatic rings. The van der Waals surface area contributed by atoms with Crippen molar-refractivity contribution in [3.8, 4) is 23.4 Å². The molecule has 0 unspecified atom stereocenters. The fourth-order valence-corrected chi connectivity index (χ4v) is 1.76. The smallest absolute Gasteiger partial charge is 0.235 e. The molecule has 0 spiro atoms. The maximum absolute atomic E-state index is 9.10. The second-order valence-electron chi connectivity index (χ2n) is 4.01. The minimum atomic E-state index is 0.448. The van der Waals surface area contributed by atoms with Crippen LogP contribution in [0.4, 0.5) is 0 Å². The molecule has 0 radical (unpaired) electrons. The van der Waals surface area contributed by atoms with Crippen LogP contribution in [-0.2, 0) is 7.05 Å². The lowest BCUT2D eigenvalue weighted by Gasteiger charge is -2.07. The van der Waals surface area contributed by atoms with Crippen LogP contribution in [0.2, 0.25) is 0 Å². The van der Waals surface area contributed by atoms with Crippen molar-refractivity contribution in [1.82, 2.24) is 9.78 Å². The number of aromatic nitrogens is 2. The Morgan fingerprint density at radius 3 is 2.47 bits per heavy atom. The number of nitrogens with zero attached hydrogens (tertiary/aromatic N) is 3. The summed E-state index contributed by atoms with van der Waals surface area (Å²) in [7, 11) is 1.75. The summed E-state index contributed by atoms with van der Waals surface area (Å²) < 4.78 is 12.6. The molecule has 0 amide bonds. The summed E-state index contributed by atoms with van der Waals surface area (Å²) in [6.45, 7) is 4.34. The first-order chi connectivity index (χ1) is 9.15. The lowest BCUT2D eigenvalue weighted by Crippen LogP contribution is -1.96. The van der Waals surface area contributed by atoms with Crippen molar-refractivity contribution >= 4 is 0 Å². The van der Waals surface area contributed by atoms with Gasteiger partial charge in [-0.15, -0.1) is 0 Å². The van der Waals surface area contributed by atoms with Crippen LogP contribution in [0.3, 0.4) is 0 Å². The summed E-state index contributed by atoms with van der Waals surface area (Å²) in [5.41, 5.74) is 1.11. The van der Waals surface area contributed by atoms with Gasteiger partial charge in [-0.1, -0.05) is 0 Å². The van der Waals surface area contributed by atoms with Crippen molar-refractivity contribution in [3.05, 3.63) is 35.5 Å². The molecule has 2 aromatic rings. The summed E-state index contributed by atoms with van der Waals surface area (Å²) in [6, 6.07) is 9.36.